The number of pyridine rings is 1. The first-order valence-corrected chi connectivity index (χ1v) is 6.87. The van der Waals surface area contributed by atoms with Gasteiger partial charge in [0.15, 0.2) is 0 Å². The lowest BCUT2D eigenvalue weighted by molar-refractivity contribution is 0.155. The molecule has 2 aromatic rings. The van der Waals surface area contributed by atoms with Crippen molar-refractivity contribution in [2.45, 2.75) is 31.8 Å². The molecule has 0 saturated carbocycles. The summed E-state index contributed by atoms with van der Waals surface area (Å²) in [6.45, 7) is 0. The van der Waals surface area contributed by atoms with E-state index in [1.807, 2.05) is 12.3 Å². The maximum absolute atomic E-state index is 9.89. The Morgan fingerprint density at radius 2 is 2.00 bits per heavy atom. The SMILES string of the molecule is OC(CCc1cccnc1)CCc1ccsc1. The summed E-state index contributed by atoms with van der Waals surface area (Å²) in [4.78, 5) is 4.07. The maximum atomic E-state index is 9.89. The van der Waals surface area contributed by atoms with Crippen molar-refractivity contribution in [3.8, 4) is 0 Å². The lowest BCUT2D eigenvalue weighted by Gasteiger charge is -2.09. The molecule has 0 bridgehead atoms. The van der Waals surface area contributed by atoms with E-state index in [9.17, 15) is 5.11 Å². The van der Waals surface area contributed by atoms with Gasteiger partial charge in [-0.1, -0.05) is 6.07 Å². The molecule has 0 aliphatic carbocycles. The molecule has 2 heterocycles. The van der Waals surface area contributed by atoms with E-state index in [4.69, 9.17) is 0 Å². The van der Waals surface area contributed by atoms with E-state index in [2.05, 4.69) is 27.9 Å². The van der Waals surface area contributed by atoms with E-state index in [-0.39, 0.29) is 6.10 Å². The molecule has 2 nitrogen and oxygen atoms in total. The van der Waals surface area contributed by atoms with Crippen LogP contribution in [0, 0.1) is 0 Å². The fourth-order valence-electron chi connectivity index (χ4n) is 1.79. The van der Waals surface area contributed by atoms with Crippen molar-refractivity contribution >= 4 is 11.3 Å². The molecular formula is C14H17NOS. The first-order valence-electron chi connectivity index (χ1n) is 5.92. The predicted octanol–water partition coefficient (Wildman–Crippen LogP) is 3.07. The van der Waals surface area contributed by atoms with Gasteiger partial charge in [0.2, 0.25) is 0 Å². The molecule has 3 heteroatoms. The van der Waals surface area contributed by atoms with Gasteiger partial charge in [-0.3, -0.25) is 4.98 Å². The second-order valence-corrected chi connectivity index (χ2v) is 5.00. The van der Waals surface area contributed by atoms with Gasteiger partial charge in [0.05, 0.1) is 6.10 Å². The van der Waals surface area contributed by atoms with Gasteiger partial charge in [0.1, 0.15) is 0 Å². The fraction of sp³-hybridized carbons (Fsp3) is 0.357. The molecule has 1 unspecified atom stereocenters. The van der Waals surface area contributed by atoms with Crippen molar-refractivity contribution < 1.29 is 5.11 Å². The Morgan fingerprint density at radius 3 is 2.65 bits per heavy atom. The monoisotopic (exact) mass is 247 g/mol. The second-order valence-electron chi connectivity index (χ2n) is 4.22. The summed E-state index contributed by atoms with van der Waals surface area (Å²) in [6.07, 6.45) is 6.96. The Labute approximate surface area is 106 Å². The van der Waals surface area contributed by atoms with Crippen LogP contribution in [0.15, 0.2) is 41.4 Å². The zero-order valence-corrected chi connectivity index (χ0v) is 10.6. The number of aryl methyl sites for hydroxylation is 2. The van der Waals surface area contributed by atoms with E-state index in [0.29, 0.717) is 0 Å². The van der Waals surface area contributed by atoms with E-state index in [1.54, 1.807) is 17.5 Å². The molecular weight excluding hydrogens is 230 g/mol. The molecule has 2 aromatic heterocycles. The van der Waals surface area contributed by atoms with Gasteiger partial charge in [0.25, 0.3) is 0 Å². The van der Waals surface area contributed by atoms with Gasteiger partial charge < -0.3 is 5.11 Å². The first-order chi connectivity index (χ1) is 8.34. The highest BCUT2D eigenvalue weighted by Crippen LogP contribution is 2.12. The third kappa shape index (κ3) is 4.29. The van der Waals surface area contributed by atoms with Crippen molar-refractivity contribution in [3.63, 3.8) is 0 Å². The predicted molar refractivity (Wildman–Crippen MR) is 71.2 cm³/mol. The summed E-state index contributed by atoms with van der Waals surface area (Å²) in [6, 6.07) is 6.12. The van der Waals surface area contributed by atoms with Crippen LogP contribution in [0.1, 0.15) is 24.0 Å². The van der Waals surface area contributed by atoms with Crippen LogP contribution < -0.4 is 0 Å². The third-order valence-corrected chi connectivity index (χ3v) is 3.57. The van der Waals surface area contributed by atoms with E-state index < -0.39 is 0 Å². The van der Waals surface area contributed by atoms with Crippen molar-refractivity contribution in [3.05, 3.63) is 52.5 Å². The van der Waals surface area contributed by atoms with Crippen LogP contribution in [-0.2, 0) is 12.8 Å². The van der Waals surface area contributed by atoms with E-state index in [0.717, 1.165) is 25.7 Å². The molecule has 1 atom stereocenters. The van der Waals surface area contributed by atoms with Crippen LogP contribution in [0.4, 0.5) is 0 Å². The quantitative estimate of drug-likeness (QED) is 0.851. The summed E-state index contributed by atoms with van der Waals surface area (Å²) >= 11 is 1.71. The van der Waals surface area contributed by atoms with Gasteiger partial charge >= 0.3 is 0 Å². The standard InChI is InChI=1S/C14H17NOS/c16-14(6-4-13-7-9-17-11-13)5-3-12-2-1-8-15-10-12/h1-2,7-11,14,16H,3-6H2. The van der Waals surface area contributed by atoms with E-state index in [1.165, 1.54) is 11.1 Å². The van der Waals surface area contributed by atoms with Gasteiger partial charge in [-0.15, -0.1) is 0 Å². The molecule has 2 rings (SSSR count). The summed E-state index contributed by atoms with van der Waals surface area (Å²) in [5.41, 5.74) is 2.53. The Hall–Kier alpha value is -1.19. The number of aliphatic hydroxyl groups is 1. The molecule has 0 fully saturated rings. The van der Waals surface area contributed by atoms with Crippen molar-refractivity contribution in [2.24, 2.45) is 0 Å². The Balaban J connectivity index is 1.69. The number of hydrogen-bond acceptors (Lipinski definition) is 3. The minimum absolute atomic E-state index is 0.213. The van der Waals surface area contributed by atoms with Crippen molar-refractivity contribution in [2.75, 3.05) is 0 Å². The average molecular weight is 247 g/mol. The summed E-state index contributed by atoms with van der Waals surface area (Å²) < 4.78 is 0. The lowest BCUT2D eigenvalue weighted by atomic mass is 10.0. The lowest BCUT2D eigenvalue weighted by Crippen LogP contribution is -2.09. The Morgan fingerprint density at radius 1 is 1.18 bits per heavy atom. The summed E-state index contributed by atoms with van der Waals surface area (Å²) in [5, 5.41) is 14.1. The Bertz CT molecular complexity index is 413. The molecule has 0 spiro atoms. The number of thiophene rings is 1. The molecule has 0 aliphatic rings. The van der Waals surface area contributed by atoms with Crippen molar-refractivity contribution in [1.82, 2.24) is 4.98 Å². The number of aliphatic hydroxyl groups excluding tert-OH is 1. The second kappa shape index (κ2) is 6.52. The molecule has 0 amide bonds. The smallest absolute Gasteiger partial charge is 0.0546 e. The zero-order valence-electron chi connectivity index (χ0n) is 9.75. The number of hydrogen-bond donors (Lipinski definition) is 1. The number of nitrogens with zero attached hydrogens (tertiary/aromatic N) is 1. The van der Waals surface area contributed by atoms with Crippen LogP contribution in [0.25, 0.3) is 0 Å². The minimum Gasteiger partial charge on any atom is -0.393 e. The van der Waals surface area contributed by atoms with Gasteiger partial charge in [0, 0.05) is 12.4 Å². The average Bonchev–Trinajstić information content (AvgIpc) is 2.88. The maximum Gasteiger partial charge on any atom is 0.0546 e. The van der Waals surface area contributed by atoms with Gasteiger partial charge in [-0.05, 0) is 59.7 Å². The molecule has 0 aliphatic heterocycles. The van der Waals surface area contributed by atoms with Gasteiger partial charge in [-0.2, -0.15) is 11.3 Å². The highest BCUT2D eigenvalue weighted by Gasteiger charge is 2.05. The normalized spacial score (nSPS) is 12.5. The molecule has 0 saturated heterocycles. The zero-order chi connectivity index (χ0) is 11.9. The van der Waals surface area contributed by atoms with Crippen LogP contribution in [-0.4, -0.2) is 16.2 Å². The largest absolute Gasteiger partial charge is 0.393 e. The molecule has 0 radical (unpaired) electrons. The Kier molecular flexibility index (Phi) is 4.71. The molecule has 1 N–H and O–H groups in total. The summed E-state index contributed by atoms with van der Waals surface area (Å²) in [5.74, 6) is 0. The van der Waals surface area contributed by atoms with Crippen LogP contribution >= 0.6 is 11.3 Å². The van der Waals surface area contributed by atoms with Crippen LogP contribution in [0.3, 0.4) is 0 Å². The fourth-order valence-corrected chi connectivity index (χ4v) is 2.49. The summed E-state index contributed by atoms with van der Waals surface area (Å²) in [7, 11) is 0. The van der Waals surface area contributed by atoms with Crippen molar-refractivity contribution in [1.29, 1.82) is 0 Å². The molecule has 0 aromatic carbocycles. The third-order valence-electron chi connectivity index (χ3n) is 2.84. The van der Waals surface area contributed by atoms with E-state index >= 15 is 0 Å². The van der Waals surface area contributed by atoms with Crippen LogP contribution in [0.5, 0.6) is 0 Å². The topological polar surface area (TPSA) is 33.1 Å². The minimum atomic E-state index is -0.213. The molecule has 17 heavy (non-hydrogen) atoms. The van der Waals surface area contributed by atoms with Gasteiger partial charge in [-0.25, -0.2) is 0 Å². The van der Waals surface area contributed by atoms with Crippen LogP contribution in [0.2, 0.25) is 0 Å². The number of aromatic nitrogens is 1. The highest BCUT2D eigenvalue weighted by atomic mass is 32.1. The highest BCUT2D eigenvalue weighted by molar-refractivity contribution is 7.07. The molecule has 90 valence electrons. The number of rotatable bonds is 6. The first kappa shape index (κ1) is 12.3.